The summed E-state index contributed by atoms with van der Waals surface area (Å²) in [5, 5.41) is 0. The third kappa shape index (κ3) is 8.95. The van der Waals surface area contributed by atoms with Crippen molar-refractivity contribution in [2.24, 2.45) is 17.8 Å². The highest BCUT2D eigenvalue weighted by molar-refractivity contribution is 5.13. The lowest BCUT2D eigenvalue weighted by atomic mass is 9.81. The molecule has 1 aromatic carbocycles. The van der Waals surface area contributed by atoms with Gasteiger partial charge in [-0.15, -0.1) is 0 Å². The molecule has 0 fully saturated rings. The van der Waals surface area contributed by atoms with E-state index in [2.05, 4.69) is 58.5 Å². The number of hydrogen-bond donors (Lipinski definition) is 0. The van der Waals surface area contributed by atoms with Crippen LogP contribution in [0.3, 0.4) is 0 Å². The van der Waals surface area contributed by atoms with Crippen LogP contribution in [0.5, 0.6) is 0 Å². The summed E-state index contributed by atoms with van der Waals surface area (Å²) in [6, 6.07) is 10.4. The maximum Gasteiger partial charge on any atom is 0.0716 e. The Labute approximate surface area is 144 Å². The third-order valence-corrected chi connectivity index (χ3v) is 4.68. The maximum atomic E-state index is 5.81. The van der Waals surface area contributed by atoms with Gasteiger partial charge in [0.15, 0.2) is 0 Å². The summed E-state index contributed by atoms with van der Waals surface area (Å²) in [6.45, 7) is 15.0. The van der Waals surface area contributed by atoms with Crippen molar-refractivity contribution in [3.63, 3.8) is 0 Å². The van der Waals surface area contributed by atoms with E-state index in [0.29, 0.717) is 5.92 Å². The summed E-state index contributed by atoms with van der Waals surface area (Å²) in [5.41, 5.74) is 2.59. The van der Waals surface area contributed by atoms with E-state index in [-0.39, 0.29) is 0 Å². The zero-order chi connectivity index (χ0) is 17.1. The van der Waals surface area contributed by atoms with Gasteiger partial charge in [0.05, 0.1) is 6.61 Å². The fourth-order valence-corrected chi connectivity index (χ4v) is 3.24. The molecule has 1 rings (SSSR count). The highest BCUT2D eigenvalue weighted by Crippen LogP contribution is 2.29. The second-order valence-electron chi connectivity index (χ2n) is 7.44. The van der Waals surface area contributed by atoms with Crippen molar-refractivity contribution in [2.45, 2.75) is 66.4 Å². The van der Waals surface area contributed by atoms with Gasteiger partial charge in [-0.3, -0.25) is 0 Å². The Bertz CT molecular complexity index is 421. The molecule has 130 valence electrons. The molecule has 0 heterocycles. The number of hydrogen-bond acceptors (Lipinski definition) is 1. The van der Waals surface area contributed by atoms with E-state index in [0.717, 1.165) is 31.5 Å². The number of ether oxygens (including phenoxy) is 1. The van der Waals surface area contributed by atoms with Gasteiger partial charge in [0, 0.05) is 6.61 Å². The Morgan fingerprint density at radius 1 is 1.00 bits per heavy atom. The molecule has 1 aromatic rings. The molecule has 0 aromatic heterocycles. The summed E-state index contributed by atoms with van der Waals surface area (Å²) >= 11 is 0. The van der Waals surface area contributed by atoms with Crippen molar-refractivity contribution in [1.82, 2.24) is 0 Å². The summed E-state index contributed by atoms with van der Waals surface area (Å²) in [7, 11) is 0. The van der Waals surface area contributed by atoms with Gasteiger partial charge in [-0.25, -0.2) is 0 Å². The van der Waals surface area contributed by atoms with Gasteiger partial charge < -0.3 is 4.74 Å². The molecule has 0 unspecified atom stereocenters. The molecular weight excluding hydrogens is 280 g/mol. The Morgan fingerprint density at radius 3 is 2.30 bits per heavy atom. The lowest BCUT2D eigenvalue weighted by Gasteiger charge is -2.25. The monoisotopic (exact) mass is 316 g/mol. The first-order chi connectivity index (χ1) is 11.0. The van der Waals surface area contributed by atoms with Crippen LogP contribution < -0.4 is 0 Å². The lowest BCUT2D eigenvalue weighted by molar-refractivity contribution is 0.112. The third-order valence-electron chi connectivity index (χ3n) is 4.68. The molecule has 2 atom stereocenters. The minimum Gasteiger partial charge on any atom is -0.377 e. The molecule has 0 saturated carbocycles. The van der Waals surface area contributed by atoms with Crippen LogP contribution in [0.4, 0.5) is 0 Å². The molecule has 0 aliphatic carbocycles. The SMILES string of the molecule is C=C(C)[C@H](CCCOCc1ccccc1)[C@H](C)CCCC(C)C. The van der Waals surface area contributed by atoms with E-state index in [4.69, 9.17) is 4.74 Å². The van der Waals surface area contributed by atoms with Gasteiger partial charge in [0.2, 0.25) is 0 Å². The molecule has 0 aliphatic rings. The zero-order valence-corrected chi connectivity index (χ0v) is 15.7. The number of benzene rings is 1. The molecule has 0 bridgehead atoms. The van der Waals surface area contributed by atoms with Crippen molar-refractivity contribution in [1.29, 1.82) is 0 Å². The van der Waals surface area contributed by atoms with Crippen LogP contribution in [0.15, 0.2) is 42.5 Å². The Kier molecular flexibility index (Phi) is 9.94. The Morgan fingerprint density at radius 2 is 1.70 bits per heavy atom. The van der Waals surface area contributed by atoms with Crippen LogP contribution in [-0.2, 0) is 11.3 Å². The van der Waals surface area contributed by atoms with E-state index in [9.17, 15) is 0 Å². The number of rotatable bonds is 12. The predicted octanol–water partition coefficient (Wildman–Crippen LogP) is 6.64. The van der Waals surface area contributed by atoms with E-state index in [1.807, 2.05) is 6.07 Å². The van der Waals surface area contributed by atoms with E-state index in [1.54, 1.807) is 0 Å². The quantitative estimate of drug-likeness (QED) is 0.310. The predicted molar refractivity (Wildman–Crippen MR) is 101 cm³/mol. The first-order valence-corrected chi connectivity index (χ1v) is 9.27. The summed E-state index contributed by atoms with van der Waals surface area (Å²) in [4.78, 5) is 0. The minimum atomic E-state index is 0.641. The van der Waals surface area contributed by atoms with Crippen molar-refractivity contribution in [3.05, 3.63) is 48.0 Å². The van der Waals surface area contributed by atoms with Crippen LogP contribution in [0.1, 0.15) is 65.4 Å². The maximum absolute atomic E-state index is 5.81. The fraction of sp³-hybridized carbons (Fsp3) is 0.636. The zero-order valence-electron chi connectivity index (χ0n) is 15.7. The topological polar surface area (TPSA) is 9.23 Å². The minimum absolute atomic E-state index is 0.641. The lowest BCUT2D eigenvalue weighted by Crippen LogP contribution is -2.14. The fourth-order valence-electron chi connectivity index (χ4n) is 3.24. The van der Waals surface area contributed by atoms with Crippen LogP contribution in [0.25, 0.3) is 0 Å². The summed E-state index contributed by atoms with van der Waals surface area (Å²) in [5.74, 6) is 2.19. The number of allylic oxidation sites excluding steroid dienone is 1. The van der Waals surface area contributed by atoms with E-state index >= 15 is 0 Å². The van der Waals surface area contributed by atoms with E-state index < -0.39 is 0 Å². The second-order valence-corrected chi connectivity index (χ2v) is 7.44. The van der Waals surface area contributed by atoms with Crippen LogP contribution >= 0.6 is 0 Å². The van der Waals surface area contributed by atoms with Crippen LogP contribution in [-0.4, -0.2) is 6.61 Å². The van der Waals surface area contributed by atoms with Crippen molar-refractivity contribution in [2.75, 3.05) is 6.61 Å². The normalized spacial score (nSPS) is 14.0. The molecule has 0 aliphatic heterocycles. The molecule has 0 amide bonds. The van der Waals surface area contributed by atoms with E-state index in [1.165, 1.54) is 36.8 Å². The van der Waals surface area contributed by atoms with Gasteiger partial charge in [0.25, 0.3) is 0 Å². The molecule has 0 radical (unpaired) electrons. The van der Waals surface area contributed by atoms with Crippen molar-refractivity contribution >= 4 is 0 Å². The summed E-state index contributed by atoms with van der Waals surface area (Å²) < 4.78 is 5.81. The highest BCUT2D eigenvalue weighted by Gasteiger charge is 2.17. The van der Waals surface area contributed by atoms with Gasteiger partial charge >= 0.3 is 0 Å². The average molecular weight is 317 g/mol. The first kappa shape index (κ1) is 20.0. The molecular formula is C22H36O. The Hall–Kier alpha value is -1.08. The average Bonchev–Trinajstić information content (AvgIpc) is 2.51. The molecule has 0 N–H and O–H groups in total. The largest absolute Gasteiger partial charge is 0.377 e. The standard InChI is InChI=1S/C22H36O/c1-18(2)11-9-12-20(5)22(19(3)4)15-10-16-23-17-21-13-7-6-8-14-21/h6-8,13-14,18,20,22H,3,9-12,15-17H2,1-2,4-5H3/t20-,22+/m1/s1. The molecule has 0 saturated heterocycles. The highest BCUT2D eigenvalue weighted by atomic mass is 16.5. The van der Waals surface area contributed by atoms with Gasteiger partial charge in [-0.2, -0.15) is 0 Å². The van der Waals surface area contributed by atoms with Crippen LogP contribution in [0.2, 0.25) is 0 Å². The van der Waals surface area contributed by atoms with Crippen molar-refractivity contribution in [3.8, 4) is 0 Å². The van der Waals surface area contributed by atoms with Crippen LogP contribution in [0, 0.1) is 17.8 Å². The van der Waals surface area contributed by atoms with Gasteiger partial charge in [-0.05, 0) is 43.1 Å². The Balaban J connectivity index is 2.23. The molecule has 1 heteroatoms. The smallest absolute Gasteiger partial charge is 0.0716 e. The molecule has 23 heavy (non-hydrogen) atoms. The molecule has 1 nitrogen and oxygen atoms in total. The molecule has 0 spiro atoms. The second kappa shape index (κ2) is 11.5. The van der Waals surface area contributed by atoms with Gasteiger partial charge in [-0.1, -0.05) is 82.5 Å². The summed E-state index contributed by atoms with van der Waals surface area (Å²) in [6.07, 6.45) is 6.33. The first-order valence-electron chi connectivity index (χ1n) is 9.27. The van der Waals surface area contributed by atoms with Gasteiger partial charge in [0.1, 0.15) is 0 Å². The van der Waals surface area contributed by atoms with Crippen molar-refractivity contribution < 1.29 is 4.74 Å².